The summed E-state index contributed by atoms with van der Waals surface area (Å²) < 4.78 is 10.3. The Morgan fingerprint density at radius 2 is 1.82 bits per heavy atom. The molecule has 0 atom stereocenters. The second-order valence-electron chi connectivity index (χ2n) is 4.45. The molecule has 2 aromatic rings. The molecule has 0 fully saturated rings. The van der Waals surface area contributed by atoms with Gasteiger partial charge in [0.2, 0.25) is 5.91 Å². The molecule has 0 bridgehead atoms. The molecule has 0 spiro atoms. The maximum Gasteiger partial charge on any atom is 0.243 e. The van der Waals surface area contributed by atoms with Crippen molar-refractivity contribution in [2.24, 2.45) is 0 Å². The van der Waals surface area contributed by atoms with Crippen molar-refractivity contribution in [3.8, 4) is 11.5 Å². The standard InChI is InChI=1S/C16H17ClN2O3/c1-21-14-8-7-11(9-12(14)17)18-10-16(20)19-13-5-3-4-6-15(13)22-2/h3-9,18H,10H2,1-2H3,(H,19,20). The number of nitrogens with one attached hydrogen (secondary N) is 2. The van der Waals surface area contributed by atoms with Crippen molar-refractivity contribution < 1.29 is 14.3 Å². The molecule has 0 aliphatic rings. The number of halogens is 1. The minimum atomic E-state index is -0.184. The number of hydrogen-bond donors (Lipinski definition) is 2. The van der Waals surface area contributed by atoms with Gasteiger partial charge in [-0.3, -0.25) is 4.79 Å². The van der Waals surface area contributed by atoms with Crippen LogP contribution in [0.1, 0.15) is 0 Å². The monoisotopic (exact) mass is 320 g/mol. The second-order valence-corrected chi connectivity index (χ2v) is 4.86. The third-order valence-electron chi connectivity index (χ3n) is 2.99. The van der Waals surface area contributed by atoms with E-state index < -0.39 is 0 Å². The van der Waals surface area contributed by atoms with Crippen molar-refractivity contribution >= 4 is 28.9 Å². The first-order valence-corrected chi connectivity index (χ1v) is 7.02. The van der Waals surface area contributed by atoms with E-state index in [1.54, 1.807) is 44.6 Å². The van der Waals surface area contributed by atoms with Crippen LogP contribution in [0.15, 0.2) is 42.5 Å². The zero-order chi connectivity index (χ0) is 15.9. The lowest BCUT2D eigenvalue weighted by Crippen LogP contribution is -2.22. The van der Waals surface area contributed by atoms with Crippen molar-refractivity contribution in [3.63, 3.8) is 0 Å². The van der Waals surface area contributed by atoms with Crippen LogP contribution in [0.3, 0.4) is 0 Å². The minimum Gasteiger partial charge on any atom is -0.495 e. The average Bonchev–Trinajstić information content (AvgIpc) is 2.53. The number of benzene rings is 2. The Labute approximate surface area is 134 Å². The van der Waals surface area contributed by atoms with Crippen LogP contribution in [0.5, 0.6) is 11.5 Å². The van der Waals surface area contributed by atoms with Crippen LogP contribution in [0.2, 0.25) is 5.02 Å². The highest BCUT2D eigenvalue weighted by molar-refractivity contribution is 6.32. The molecule has 1 amide bonds. The summed E-state index contributed by atoms with van der Waals surface area (Å²) in [6.07, 6.45) is 0. The van der Waals surface area contributed by atoms with Crippen molar-refractivity contribution in [2.75, 3.05) is 31.4 Å². The Balaban J connectivity index is 1.94. The third-order valence-corrected chi connectivity index (χ3v) is 3.28. The molecule has 0 radical (unpaired) electrons. The molecule has 0 aromatic heterocycles. The highest BCUT2D eigenvalue weighted by Gasteiger charge is 2.07. The zero-order valence-electron chi connectivity index (χ0n) is 12.4. The van der Waals surface area contributed by atoms with Gasteiger partial charge in [-0.1, -0.05) is 23.7 Å². The Morgan fingerprint density at radius 1 is 1.09 bits per heavy atom. The van der Waals surface area contributed by atoms with Crippen molar-refractivity contribution in [2.45, 2.75) is 0 Å². The van der Waals surface area contributed by atoms with E-state index in [1.165, 1.54) is 0 Å². The number of carbonyl (C=O) groups is 1. The summed E-state index contributed by atoms with van der Waals surface area (Å²) in [6, 6.07) is 12.5. The number of anilines is 2. The summed E-state index contributed by atoms with van der Waals surface area (Å²) in [7, 11) is 3.11. The van der Waals surface area contributed by atoms with Gasteiger partial charge in [-0.25, -0.2) is 0 Å². The van der Waals surface area contributed by atoms with E-state index in [0.717, 1.165) is 5.69 Å². The number of para-hydroxylation sites is 2. The first-order valence-electron chi connectivity index (χ1n) is 6.64. The Morgan fingerprint density at radius 3 is 2.50 bits per heavy atom. The van der Waals surface area contributed by atoms with Gasteiger partial charge in [0.15, 0.2) is 0 Å². The van der Waals surface area contributed by atoms with Gasteiger partial charge >= 0.3 is 0 Å². The first kappa shape index (κ1) is 16.0. The van der Waals surface area contributed by atoms with Crippen LogP contribution in [-0.4, -0.2) is 26.7 Å². The predicted octanol–water partition coefficient (Wildman–Crippen LogP) is 3.41. The molecule has 0 unspecified atom stereocenters. The number of carbonyl (C=O) groups excluding carboxylic acids is 1. The Kier molecular flexibility index (Phi) is 5.49. The fourth-order valence-electron chi connectivity index (χ4n) is 1.90. The predicted molar refractivity (Wildman–Crippen MR) is 88.1 cm³/mol. The molecule has 2 N–H and O–H groups in total. The van der Waals surface area contributed by atoms with Crippen molar-refractivity contribution in [1.29, 1.82) is 0 Å². The fraction of sp³-hybridized carbons (Fsp3) is 0.188. The molecular formula is C16H17ClN2O3. The van der Waals surface area contributed by atoms with Gasteiger partial charge in [0, 0.05) is 5.69 Å². The highest BCUT2D eigenvalue weighted by Crippen LogP contribution is 2.27. The molecule has 22 heavy (non-hydrogen) atoms. The van der Waals surface area contributed by atoms with Gasteiger partial charge in [0.25, 0.3) is 0 Å². The number of ether oxygens (including phenoxy) is 2. The summed E-state index contributed by atoms with van der Waals surface area (Å²) in [6.45, 7) is 0.112. The molecule has 0 saturated heterocycles. The molecule has 6 heteroatoms. The van der Waals surface area contributed by atoms with E-state index in [0.29, 0.717) is 22.2 Å². The average molecular weight is 321 g/mol. The minimum absolute atomic E-state index is 0.112. The van der Waals surface area contributed by atoms with Crippen LogP contribution < -0.4 is 20.1 Å². The number of amides is 1. The van der Waals surface area contributed by atoms with E-state index in [2.05, 4.69) is 10.6 Å². The maximum absolute atomic E-state index is 12.0. The van der Waals surface area contributed by atoms with Crippen LogP contribution in [0.25, 0.3) is 0 Å². The maximum atomic E-state index is 12.0. The SMILES string of the molecule is COc1ccc(NCC(=O)Nc2ccccc2OC)cc1Cl. The smallest absolute Gasteiger partial charge is 0.243 e. The molecule has 2 rings (SSSR count). The Bertz CT molecular complexity index is 662. The first-order chi connectivity index (χ1) is 10.6. The molecule has 116 valence electrons. The largest absolute Gasteiger partial charge is 0.495 e. The number of rotatable bonds is 6. The van der Waals surface area contributed by atoms with E-state index in [9.17, 15) is 4.79 Å². The van der Waals surface area contributed by atoms with Gasteiger partial charge in [-0.05, 0) is 30.3 Å². The van der Waals surface area contributed by atoms with Crippen LogP contribution in [0, 0.1) is 0 Å². The molecule has 0 heterocycles. The van der Waals surface area contributed by atoms with Crippen LogP contribution >= 0.6 is 11.6 Å². The van der Waals surface area contributed by atoms with E-state index in [1.807, 2.05) is 12.1 Å². The topological polar surface area (TPSA) is 59.6 Å². The summed E-state index contributed by atoms with van der Waals surface area (Å²) in [4.78, 5) is 12.0. The van der Waals surface area contributed by atoms with Gasteiger partial charge < -0.3 is 20.1 Å². The van der Waals surface area contributed by atoms with E-state index in [4.69, 9.17) is 21.1 Å². The van der Waals surface area contributed by atoms with Gasteiger partial charge in [-0.15, -0.1) is 0 Å². The summed E-state index contributed by atoms with van der Waals surface area (Å²) >= 11 is 6.03. The van der Waals surface area contributed by atoms with E-state index >= 15 is 0 Å². The summed E-state index contributed by atoms with van der Waals surface area (Å²) in [5, 5.41) is 6.27. The van der Waals surface area contributed by atoms with E-state index in [-0.39, 0.29) is 12.5 Å². The number of methoxy groups -OCH3 is 2. The normalized spacial score (nSPS) is 9.95. The molecular weight excluding hydrogens is 304 g/mol. The Hall–Kier alpha value is -2.40. The summed E-state index contributed by atoms with van der Waals surface area (Å²) in [5.41, 5.74) is 1.37. The summed E-state index contributed by atoms with van der Waals surface area (Å²) in [5.74, 6) is 1.02. The molecule has 0 aliphatic heterocycles. The quantitative estimate of drug-likeness (QED) is 0.856. The van der Waals surface area contributed by atoms with Gasteiger partial charge in [0.05, 0.1) is 31.5 Å². The van der Waals surface area contributed by atoms with Gasteiger partial charge in [-0.2, -0.15) is 0 Å². The van der Waals surface area contributed by atoms with Crippen LogP contribution in [0.4, 0.5) is 11.4 Å². The molecule has 0 saturated carbocycles. The highest BCUT2D eigenvalue weighted by atomic mass is 35.5. The van der Waals surface area contributed by atoms with Crippen molar-refractivity contribution in [3.05, 3.63) is 47.5 Å². The van der Waals surface area contributed by atoms with Crippen LogP contribution in [-0.2, 0) is 4.79 Å². The molecule has 2 aromatic carbocycles. The fourth-order valence-corrected chi connectivity index (χ4v) is 2.16. The third kappa shape index (κ3) is 4.05. The second kappa shape index (κ2) is 7.56. The van der Waals surface area contributed by atoms with Gasteiger partial charge in [0.1, 0.15) is 11.5 Å². The lowest BCUT2D eigenvalue weighted by atomic mass is 10.3. The number of hydrogen-bond acceptors (Lipinski definition) is 4. The molecule has 0 aliphatic carbocycles. The van der Waals surface area contributed by atoms with Crippen molar-refractivity contribution in [1.82, 2.24) is 0 Å². The zero-order valence-corrected chi connectivity index (χ0v) is 13.1. The lowest BCUT2D eigenvalue weighted by Gasteiger charge is -2.11. The lowest BCUT2D eigenvalue weighted by molar-refractivity contribution is -0.114. The molecule has 5 nitrogen and oxygen atoms in total.